The standard InChI is InChI=1S/C16H17N5O4S2.C2H6/c1-21(2)16(25)13-12(22)9(7-27-13)18-11-10(14(23)19-20-15(11)24)17-6-8-4-3-5-26-8;1-2/h3-5,7,22H,6H2,1-2H3,(H2,17,20,24)(H2,18,19,23);1-2H3. The van der Waals surface area contributed by atoms with Crippen molar-refractivity contribution in [3.63, 3.8) is 0 Å². The SMILES string of the molecule is CC.CN(C)C(=O)c1scc(Nc2c(NCc3cccs3)c(=O)[nH][nH]c2=O)c1O. The Morgan fingerprint density at radius 1 is 1.14 bits per heavy atom. The Balaban J connectivity index is 0.00000145. The van der Waals surface area contributed by atoms with E-state index in [9.17, 15) is 19.5 Å². The van der Waals surface area contributed by atoms with Crippen molar-refractivity contribution in [3.8, 4) is 5.75 Å². The van der Waals surface area contributed by atoms with E-state index in [1.54, 1.807) is 14.1 Å². The Labute approximate surface area is 175 Å². The van der Waals surface area contributed by atoms with E-state index in [-0.39, 0.29) is 33.6 Å². The van der Waals surface area contributed by atoms with E-state index in [1.807, 2.05) is 31.4 Å². The molecule has 0 unspecified atom stereocenters. The summed E-state index contributed by atoms with van der Waals surface area (Å²) in [5.41, 5.74) is -0.937. The van der Waals surface area contributed by atoms with Gasteiger partial charge < -0.3 is 20.6 Å². The maximum Gasteiger partial charge on any atom is 0.288 e. The van der Waals surface area contributed by atoms with Gasteiger partial charge in [0, 0.05) is 30.9 Å². The lowest BCUT2D eigenvalue weighted by atomic mass is 10.3. The number of hydrogen-bond donors (Lipinski definition) is 5. The molecule has 0 saturated carbocycles. The number of nitrogens with zero attached hydrogens (tertiary/aromatic N) is 1. The highest BCUT2D eigenvalue weighted by atomic mass is 32.1. The molecule has 29 heavy (non-hydrogen) atoms. The number of thiophene rings is 2. The van der Waals surface area contributed by atoms with Crippen LogP contribution in [0.1, 0.15) is 28.4 Å². The zero-order chi connectivity index (χ0) is 21.6. The normalized spacial score (nSPS) is 10.1. The number of aromatic hydroxyl groups is 1. The molecule has 0 saturated heterocycles. The second kappa shape index (κ2) is 9.94. The molecule has 3 heterocycles. The summed E-state index contributed by atoms with van der Waals surface area (Å²) in [7, 11) is 3.14. The van der Waals surface area contributed by atoms with Crippen LogP contribution in [0.5, 0.6) is 5.75 Å². The van der Waals surface area contributed by atoms with E-state index in [1.165, 1.54) is 21.6 Å². The van der Waals surface area contributed by atoms with Crippen LogP contribution < -0.4 is 21.8 Å². The first kappa shape index (κ1) is 22.2. The van der Waals surface area contributed by atoms with Gasteiger partial charge in [-0.25, -0.2) is 0 Å². The van der Waals surface area contributed by atoms with Crippen LogP contribution in [0.3, 0.4) is 0 Å². The summed E-state index contributed by atoms with van der Waals surface area (Å²) in [6, 6.07) is 3.78. The number of hydrogen-bond acceptors (Lipinski definition) is 8. The van der Waals surface area contributed by atoms with Gasteiger partial charge in [-0.3, -0.25) is 24.6 Å². The Kier molecular flexibility index (Phi) is 7.62. The molecule has 3 aromatic rings. The van der Waals surface area contributed by atoms with Gasteiger partial charge in [-0.15, -0.1) is 22.7 Å². The second-order valence-electron chi connectivity index (χ2n) is 5.74. The van der Waals surface area contributed by atoms with Gasteiger partial charge >= 0.3 is 0 Å². The molecule has 0 fully saturated rings. The highest BCUT2D eigenvalue weighted by molar-refractivity contribution is 7.13. The van der Waals surface area contributed by atoms with Crippen molar-refractivity contribution in [2.75, 3.05) is 24.7 Å². The Morgan fingerprint density at radius 3 is 2.38 bits per heavy atom. The topological polar surface area (TPSA) is 130 Å². The minimum Gasteiger partial charge on any atom is -0.504 e. The summed E-state index contributed by atoms with van der Waals surface area (Å²) < 4.78 is 0. The summed E-state index contributed by atoms with van der Waals surface area (Å²) in [5, 5.41) is 24.0. The Hall–Kier alpha value is -3.05. The number of aromatic nitrogens is 2. The largest absolute Gasteiger partial charge is 0.504 e. The number of H-pyrrole nitrogens is 2. The molecule has 5 N–H and O–H groups in total. The van der Waals surface area contributed by atoms with Crippen LogP contribution in [-0.4, -0.2) is 40.2 Å². The summed E-state index contributed by atoms with van der Waals surface area (Å²) >= 11 is 2.55. The number of aromatic amines is 2. The fourth-order valence-electron chi connectivity index (χ4n) is 2.27. The first-order chi connectivity index (χ1) is 13.9. The lowest BCUT2D eigenvalue weighted by molar-refractivity contribution is 0.0829. The van der Waals surface area contributed by atoms with Gasteiger partial charge in [-0.1, -0.05) is 19.9 Å². The van der Waals surface area contributed by atoms with Crippen LogP contribution >= 0.6 is 22.7 Å². The summed E-state index contributed by atoms with van der Waals surface area (Å²) in [4.78, 5) is 38.9. The second-order valence-corrected chi connectivity index (χ2v) is 7.65. The van der Waals surface area contributed by atoms with Crippen molar-refractivity contribution in [2.24, 2.45) is 0 Å². The molecule has 0 radical (unpaired) electrons. The van der Waals surface area contributed by atoms with Crippen LogP contribution in [0.4, 0.5) is 17.1 Å². The zero-order valence-electron chi connectivity index (χ0n) is 16.5. The van der Waals surface area contributed by atoms with Crippen molar-refractivity contribution in [1.29, 1.82) is 0 Å². The first-order valence-electron chi connectivity index (χ1n) is 8.78. The molecule has 1 amide bonds. The van der Waals surface area contributed by atoms with Crippen molar-refractivity contribution in [1.82, 2.24) is 15.1 Å². The summed E-state index contributed by atoms with van der Waals surface area (Å²) in [6.07, 6.45) is 0. The predicted molar refractivity (Wildman–Crippen MR) is 118 cm³/mol. The lowest BCUT2D eigenvalue weighted by Crippen LogP contribution is -2.25. The highest BCUT2D eigenvalue weighted by Gasteiger charge is 2.21. The fraction of sp³-hybridized carbons (Fsp3) is 0.278. The van der Waals surface area contributed by atoms with E-state index in [0.29, 0.717) is 6.54 Å². The van der Waals surface area contributed by atoms with Crippen LogP contribution in [0.2, 0.25) is 0 Å². The van der Waals surface area contributed by atoms with Crippen molar-refractivity contribution in [3.05, 3.63) is 53.4 Å². The van der Waals surface area contributed by atoms with Crippen LogP contribution in [0.15, 0.2) is 32.5 Å². The number of amides is 1. The molecule has 0 aliphatic carbocycles. The number of anilines is 3. The molecule has 0 spiro atoms. The first-order valence-corrected chi connectivity index (χ1v) is 10.5. The predicted octanol–water partition coefficient (Wildman–Crippen LogP) is 2.98. The third-order valence-electron chi connectivity index (χ3n) is 3.64. The monoisotopic (exact) mass is 437 g/mol. The van der Waals surface area contributed by atoms with E-state index < -0.39 is 11.1 Å². The number of carbonyl (C=O) groups excluding carboxylic acids is 1. The van der Waals surface area contributed by atoms with E-state index >= 15 is 0 Å². The summed E-state index contributed by atoms with van der Waals surface area (Å²) in [5.74, 6) is -0.635. The third kappa shape index (κ3) is 5.06. The number of carbonyl (C=O) groups is 1. The molecule has 0 aliphatic rings. The molecular weight excluding hydrogens is 414 g/mol. The van der Waals surface area contributed by atoms with Gasteiger partial charge in [-0.05, 0) is 11.4 Å². The quantitative estimate of drug-likeness (QED) is 0.403. The van der Waals surface area contributed by atoms with Crippen molar-refractivity contribution in [2.45, 2.75) is 20.4 Å². The van der Waals surface area contributed by atoms with Gasteiger partial charge in [0.1, 0.15) is 16.3 Å². The van der Waals surface area contributed by atoms with Gasteiger partial charge in [0.2, 0.25) is 0 Å². The molecule has 0 bridgehead atoms. The molecule has 11 heteroatoms. The molecule has 156 valence electrons. The molecule has 3 rings (SSSR count). The van der Waals surface area contributed by atoms with Gasteiger partial charge in [0.15, 0.2) is 5.75 Å². The highest BCUT2D eigenvalue weighted by Crippen LogP contribution is 2.36. The molecule has 0 atom stereocenters. The lowest BCUT2D eigenvalue weighted by Gasteiger charge is -2.12. The third-order valence-corrected chi connectivity index (χ3v) is 5.47. The molecule has 0 aliphatic heterocycles. The minimum absolute atomic E-state index is 0.0400. The molecule has 0 aromatic carbocycles. The smallest absolute Gasteiger partial charge is 0.288 e. The molecule has 3 aromatic heterocycles. The zero-order valence-corrected chi connectivity index (χ0v) is 18.1. The molecule has 9 nitrogen and oxygen atoms in total. The number of nitrogens with one attached hydrogen (secondary N) is 4. The number of rotatable bonds is 6. The average Bonchev–Trinajstić information content (AvgIpc) is 3.35. The van der Waals surface area contributed by atoms with Crippen LogP contribution in [0, 0.1) is 0 Å². The minimum atomic E-state index is -0.575. The molecular formula is C18H23N5O4S2. The van der Waals surface area contributed by atoms with Gasteiger partial charge in [-0.2, -0.15) is 0 Å². The van der Waals surface area contributed by atoms with Gasteiger partial charge in [0.05, 0.1) is 5.69 Å². The van der Waals surface area contributed by atoms with Crippen LogP contribution in [-0.2, 0) is 6.54 Å². The van der Waals surface area contributed by atoms with Crippen molar-refractivity contribution < 1.29 is 9.90 Å². The van der Waals surface area contributed by atoms with E-state index in [0.717, 1.165) is 16.2 Å². The summed E-state index contributed by atoms with van der Waals surface area (Å²) in [6.45, 7) is 4.36. The Bertz CT molecular complexity index is 1070. The van der Waals surface area contributed by atoms with E-state index in [4.69, 9.17) is 0 Å². The average molecular weight is 438 g/mol. The van der Waals surface area contributed by atoms with E-state index in [2.05, 4.69) is 20.8 Å². The maximum atomic E-state index is 12.2. The maximum absolute atomic E-state index is 12.2. The van der Waals surface area contributed by atoms with Crippen LogP contribution in [0.25, 0.3) is 0 Å². The Morgan fingerprint density at radius 2 is 1.79 bits per heavy atom. The van der Waals surface area contributed by atoms with Crippen molar-refractivity contribution >= 4 is 45.6 Å². The van der Waals surface area contributed by atoms with Gasteiger partial charge in [0.25, 0.3) is 17.0 Å². The fourth-order valence-corrected chi connectivity index (χ4v) is 3.83.